The Kier molecular flexibility index (Phi) is 3.01. The molecule has 0 aromatic heterocycles. The van der Waals surface area contributed by atoms with Crippen LogP contribution in [-0.4, -0.2) is 7.11 Å². The zero-order valence-corrected chi connectivity index (χ0v) is 11.4. The number of benzene rings is 1. The zero-order valence-electron chi connectivity index (χ0n) is 8.18. The van der Waals surface area contributed by atoms with Crippen LogP contribution in [0.3, 0.4) is 0 Å². The topological polar surface area (TPSA) is 9.23 Å². The first kappa shape index (κ1) is 10.7. The number of hydrogen-bond acceptors (Lipinski definition) is 1. The van der Waals surface area contributed by atoms with Gasteiger partial charge in [-0.05, 0) is 35.6 Å². The molecule has 1 aliphatic carbocycles. The Balaban J connectivity index is 2.57. The summed E-state index contributed by atoms with van der Waals surface area (Å²) in [4.78, 5) is 0. The number of rotatable bonds is 1. The SMILES string of the molecule is COC1c2c(Br)ccc(Br)c2CC1C. The van der Waals surface area contributed by atoms with Crippen LogP contribution in [0.5, 0.6) is 0 Å². The van der Waals surface area contributed by atoms with Crippen molar-refractivity contribution >= 4 is 31.9 Å². The molecule has 0 fully saturated rings. The maximum Gasteiger partial charge on any atom is 0.0863 e. The van der Waals surface area contributed by atoms with Gasteiger partial charge in [-0.3, -0.25) is 0 Å². The van der Waals surface area contributed by atoms with E-state index in [0.29, 0.717) is 5.92 Å². The Hall–Kier alpha value is 0.140. The lowest BCUT2D eigenvalue weighted by molar-refractivity contribution is 0.0690. The van der Waals surface area contributed by atoms with Gasteiger partial charge in [0, 0.05) is 16.1 Å². The van der Waals surface area contributed by atoms with Crippen LogP contribution in [0.25, 0.3) is 0 Å². The monoisotopic (exact) mass is 318 g/mol. The van der Waals surface area contributed by atoms with Gasteiger partial charge in [-0.15, -0.1) is 0 Å². The van der Waals surface area contributed by atoms with Crippen LogP contribution in [0, 0.1) is 5.92 Å². The highest BCUT2D eigenvalue weighted by Gasteiger charge is 2.32. The molecule has 1 aromatic carbocycles. The average Bonchev–Trinajstić information content (AvgIpc) is 2.50. The summed E-state index contributed by atoms with van der Waals surface area (Å²) in [6.45, 7) is 2.23. The molecule has 0 saturated carbocycles. The van der Waals surface area contributed by atoms with Crippen LogP contribution >= 0.6 is 31.9 Å². The first-order valence-corrected chi connectivity index (χ1v) is 6.23. The molecule has 2 atom stereocenters. The molecule has 76 valence electrons. The molecule has 0 heterocycles. The molecule has 0 amide bonds. The predicted octanol–water partition coefficient (Wildman–Crippen LogP) is 4.09. The van der Waals surface area contributed by atoms with Gasteiger partial charge in [0.2, 0.25) is 0 Å². The molecule has 0 saturated heterocycles. The van der Waals surface area contributed by atoms with Crippen molar-refractivity contribution in [2.24, 2.45) is 5.92 Å². The first-order valence-electron chi connectivity index (χ1n) is 4.64. The van der Waals surface area contributed by atoms with Crippen molar-refractivity contribution in [3.05, 3.63) is 32.2 Å². The van der Waals surface area contributed by atoms with Gasteiger partial charge in [-0.2, -0.15) is 0 Å². The summed E-state index contributed by atoms with van der Waals surface area (Å²) >= 11 is 7.18. The van der Waals surface area contributed by atoms with Crippen molar-refractivity contribution in [2.45, 2.75) is 19.4 Å². The fourth-order valence-corrected chi connectivity index (χ4v) is 3.29. The highest BCUT2D eigenvalue weighted by atomic mass is 79.9. The van der Waals surface area contributed by atoms with E-state index in [9.17, 15) is 0 Å². The number of halogens is 2. The second-order valence-corrected chi connectivity index (χ2v) is 5.47. The fourth-order valence-electron chi connectivity index (χ4n) is 2.19. The summed E-state index contributed by atoms with van der Waals surface area (Å²) in [6, 6.07) is 4.17. The van der Waals surface area contributed by atoms with Crippen molar-refractivity contribution in [1.82, 2.24) is 0 Å². The van der Waals surface area contributed by atoms with Gasteiger partial charge in [-0.25, -0.2) is 0 Å². The Bertz CT molecular complexity index is 363. The first-order chi connectivity index (χ1) is 6.65. The van der Waals surface area contributed by atoms with Gasteiger partial charge in [0.25, 0.3) is 0 Å². The third-order valence-corrected chi connectivity index (χ3v) is 4.26. The van der Waals surface area contributed by atoms with Crippen molar-refractivity contribution in [3.63, 3.8) is 0 Å². The van der Waals surface area contributed by atoms with Crippen LogP contribution in [0.15, 0.2) is 21.1 Å². The number of ether oxygens (including phenoxy) is 1. The van der Waals surface area contributed by atoms with Gasteiger partial charge < -0.3 is 4.74 Å². The third-order valence-electron chi connectivity index (χ3n) is 2.83. The van der Waals surface area contributed by atoms with Crippen molar-refractivity contribution < 1.29 is 4.74 Å². The largest absolute Gasteiger partial charge is 0.376 e. The molecule has 1 nitrogen and oxygen atoms in total. The summed E-state index contributed by atoms with van der Waals surface area (Å²) in [5, 5.41) is 0. The van der Waals surface area contributed by atoms with E-state index in [1.165, 1.54) is 15.6 Å². The minimum absolute atomic E-state index is 0.233. The van der Waals surface area contributed by atoms with Crippen molar-refractivity contribution in [3.8, 4) is 0 Å². The maximum absolute atomic E-state index is 5.53. The zero-order chi connectivity index (χ0) is 10.3. The van der Waals surface area contributed by atoms with Gasteiger partial charge in [0.05, 0.1) is 6.10 Å². The molecular formula is C11H12Br2O. The minimum Gasteiger partial charge on any atom is -0.376 e. The van der Waals surface area contributed by atoms with Crippen molar-refractivity contribution in [2.75, 3.05) is 7.11 Å². The molecule has 0 spiro atoms. The van der Waals surface area contributed by atoms with E-state index in [0.717, 1.165) is 10.9 Å². The molecule has 0 bridgehead atoms. The Labute approximate surface area is 101 Å². The van der Waals surface area contributed by atoms with Crippen LogP contribution in [0.1, 0.15) is 24.2 Å². The second-order valence-electron chi connectivity index (χ2n) is 3.76. The Morgan fingerprint density at radius 2 is 1.93 bits per heavy atom. The normalized spacial score (nSPS) is 25.1. The van der Waals surface area contributed by atoms with Crippen LogP contribution in [0.2, 0.25) is 0 Å². The maximum atomic E-state index is 5.53. The number of methoxy groups -OCH3 is 1. The van der Waals surface area contributed by atoms with E-state index < -0.39 is 0 Å². The molecule has 2 unspecified atom stereocenters. The van der Waals surface area contributed by atoms with Gasteiger partial charge in [0.1, 0.15) is 0 Å². The number of fused-ring (bicyclic) bond motifs is 1. The highest BCUT2D eigenvalue weighted by molar-refractivity contribution is 9.11. The summed E-state index contributed by atoms with van der Waals surface area (Å²) in [5.74, 6) is 0.560. The Morgan fingerprint density at radius 3 is 2.57 bits per heavy atom. The molecule has 0 N–H and O–H groups in total. The van der Waals surface area contributed by atoms with Gasteiger partial charge >= 0.3 is 0 Å². The van der Waals surface area contributed by atoms with Crippen LogP contribution in [-0.2, 0) is 11.2 Å². The fraction of sp³-hybridized carbons (Fsp3) is 0.455. The molecule has 1 aromatic rings. The summed E-state index contributed by atoms with van der Waals surface area (Å²) in [5.41, 5.74) is 2.70. The standard InChI is InChI=1S/C11H12Br2O/c1-6-5-7-8(12)3-4-9(13)10(7)11(6)14-2/h3-4,6,11H,5H2,1-2H3. The lowest BCUT2D eigenvalue weighted by Crippen LogP contribution is -2.05. The lowest BCUT2D eigenvalue weighted by Gasteiger charge is -2.15. The number of hydrogen-bond donors (Lipinski definition) is 0. The van der Waals surface area contributed by atoms with E-state index in [2.05, 4.69) is 50.9 Å². The summed E-state index contributed by atoms with van der Waals surface area (Å²) in [7, 11) is 1.78. The Morgan fingerprint density at radius 1 is 1.29 bits per heavy atom. The summed E-state index contributed by atoms with van der Waals surface area (Å²) in [6.07, 6.45) is 1.32. The van der Waals surface area contributed by atoms with E-state index in [1.54, 1.807) is 7.11 Å². The lowest BCUT2D eigenvalue weighted by atomic mass is 10.1. The molecule has 1 aliphatic rings. The van der Waals surface area contributed by atoms with Crippen LogP contribution < -0.4 is 0 Å². The molecule has 0 radical (unpaired) electrons. The molecule has 2 rings (SSSR count). The van der Waals surface area contributed by atoms with E-state index in [-0.39, 0.29) is 6.10 Å². The van der Waals surface area contributed by atoms with Gasteiger partial charge in [-0.1, -0.05) is 38.8 Å². The van der Waals surface area contributed by atoms with E-state index >= 15 is 0 Å². The van der Waals surface area contributed by atoms with E-state index in [1.807, 2.05) is 0 Å². The van der Waals surface area contributed by atoms with Crippen molar-refractivity contribution in [1.29, 1.82) is 0 Å². The second kappa shape index (κ2) is 3.95. The molecular weight excluding hydrogens is 308 g/mol. The average molecular weight is 320 g/mol. The molecule has 3 heteroatoms. The molecule has 14 heavy (non-hydrogen) atoms. The predicted molar refractivity (Wildman–Crippen MR) is 64.5 cm³/mol. The third kappa shape index (κ3) is 1.55. The highest BCUT2D eigenvalue weighted by Crippen LogP contribution is 2.44. The van der Waals surface area contributed by atoms with Gasteiger partial charge in [0.15, 0.2) is 0 Å². The molecule has 0 aliphatic heterocycles. The minimum atomic E-state index is 0.233. The van der Waals surface area contributed by atoms with E-state index in [4.69, 9.17) is 4.74 Å². The smallest absolute Gasteiger partial charge is 0.0863 e. The quantitative estimate of drug-likeness (QED) is 0.757. The summed E-state index contributed by atoms with van der Waals surface area (Å²) < 4.78 is 7.89. The van der Waals surface area contributed by atoms with Crippen LogP contribution in [0.4, 0.5) is 0 Å².